The zero-order valence-electron chi connectivity index (χ0n) is 15.6. The fraction of sp³-hybridized carbons (Fsp3) is 0.300. The van der Waals surface area contributed by atoms with Gasteiger partial charge in [-0.3, -0.25) is 9.97 Å². The number of rotatable bonds is 5. The van der Waals surface area contributed by atoms with Crippen LogP contribution < -0.4 is 10.6 Å². The summed E-state index contributed by atoms with van der Waals surface area (Å²) in [5.41, 5.74) is 2.73. The highest BCUT2D eigenvalue weighted by Crippen LogP contribution is 2.22. The summed E-state index contributed by atoms with van der Waals surface area (Å²) >= 11 is 0. The number of anilines is 3. The molecule has 0 unspecified atom stereocenters. The number of aryl methyl sites for hydroxylation is 1. The summed E-state index contributed by atoms with van der Waals surface area (Å²) in [5.74, 6) is 2.04. The van der Waals surface area contributed by atoms with Crippen molar-refractivity contribution >= 4 is 17.3 Å². The Kier molecular flexibility index (Phi) is 5.11. The second kappa shape index (κ2) is 7.47. The molecule has 0 spiro atoms. The summed E-state index contributed by atoms with van der Waals surface area (Å²) in [6.45, 7) is 9.30. The third kappa shape index (κ3) is 4.99. The molecule has 0 fully saturated rings. The molecule has 3 rings (SSSR count). The largest absolute Gasteiger partial charge is 0.369 e. The van der Waals surface area contributed by atoms with Gasteiger partial charge in [-0.25, -0.2) is 9.97 Å². The molecular weight excluding hydrogens is 324 g/mol. The molecule has 2 N–H and O–H groups in total. The summed E-state index contributed by atoms with van der Waals surface area (Å²) in [4.78, 5) is 17.9. The van der Waals surface area contributed by atoms with Gasteiger partial charge < -0.3 is 10.6 Å². The number of nitrogens with one attached hydrogen (secondary N) is 2. The van der Waals surface area contributed by atoms with E-state index in [2.05, 4.69) is 51.3 Å². The SMILES string of the molecule is Cc1ccc(Nc2cc(NCC(C)(C)C)nc(-c3ccccn3)n2)cn1. The van der Waals surface area contributed by atoms with Gasteiger partial charge in [-0.15, -0.1) is 0 Å². The van der Waals surface area contributed by atoms with E-state index < -0.39 is 0 Å². The topological polar surface area (TPSA) is 75.6 Å². The Labute approximate surface area is 154 Å². The summed E-state index contributed by atoms with van der Waals surface area (Å²) in [6.07, 6.45) is 3.53. The van der Waals surface area contributed by atoms with Crippen LogP contribution in [0.3, 0.4) is 0 Å². The van der Waals surface area contributed by atoms with Gasteiger partial charge in [-0.1, -0.05) is 26.8 Å². The second-order valence-corrected chi connectivity index (χ2v) is 7.40. The lowest BCUT2D eigenvalue weighted by atomic mass is 9.97. The van der Waals surface area contributed by atoms with Crippen molar-refractivity contribution < 1.29 is 0 Å². The van der Waals surface area contributed by atoms with Crippen LogP contribution in [0.15, 0.2) is 48.8 Å². The van der Waals surface area contributed by atoms with Gasteiger partial charge in [0, 0.05) is 24.5 Å². The number of pyridine rings is 2. The van der Waals surface area contributed by atoms with Crippen LogP contribution in [0.1, 0.15) is 26.5 Å². The highest BCUT2D eigenvalue weighted by atomic mass is 15.1. The monoisotopic (exact) mass is 348 g/mol. The molecule has 0 aliphatic rings. The fourth-order valence-electron chi connectivity index (χ4n) is 2.26. The molecule has 6 nitrogen and oxygen atoms in total. The van der Waals surface area contributed by atoms with Crippen LogP contribution >= 0.6 is 0 Å². The van der Waals surface area contributed by atoms with Gasteiger partial charge in [-0.05, 0) is 36.6 Å². The molecule has 134 valence electrons. The molecule has 3 aromatic rings. The van der Waals surface area contributed by atoms with Crippen molar-refractivity contribution in [3.63, 3.8) is 0 Å². The van der Waals surface area contributed by atoms with E-state index in [-0.39, 0.29) is 5.41 Å². The van der Waals surface area contributed by atoms with Crippen LogP contribution in [0.4, 0.5) is 17.3 Å². The molecule has 0 bridgehead atoms. The molecule has 26 heavy (non-hydrogen) atoms. The molecule has 3 aromatic heterocycles. The normalized spacial score (nSPS) is 11.2. The van der Waals surface area contributed by atoms with Crippen LogP contribution in [0.5, 0.6) is 0 Å². The molecule has 6 heteroatoms. The Morgan fingerprint density at radius 3 is 2.42 bits per heavy atom. The minimum Gasteiger partial charge on any atom is -0.369 e. The maximum absolute atomic E-state index is 4.62. The summed E-state index contributed by atoms with van der Waals surface area (Å²) in [5, 5.41) is 6.69. The predicted octanol–water partition coefficient (Wildman–Crippen LogP) is 4.44. The van der Waals surface area contributed by atoms with Crippen molar-refractivity contribution in [2.45, 2.75) is 27.7 Å². The van der Waals surface area contributed by atoms with Crippen molar-refractivity contribution in [2.24, 2.45) is 5.41 Å². The standard InChI is InChI=1S/C20H24N6/c1-14-8-9-15(12-22-14)24-18-11-17(23-13-20(2,3)4)25-19(26-18)16-7-5-6-10-21-16/h5-12H,13H2,1-4H3,(H2,23,24,25,26). The van der Waals surface area contributed by atoms with E-state index in [1.54, 1.807) is 12.4 Å². The minimum absolute atomic E-state index is 0.143. The minimum atomic E-state index is 0.143. The quantitative estimate of drug-likeness (QED) is 0.710. The third-order valence-corrected chi connectivity index (χ3v) is 3.60. The Balaban J connectivity index is 1.92. The summed E-state index contributed by atoms with van der Waals surface area (Å²) in [7, 11) is 0. The summed E-state index contributed by atoms with van der Waals surface area (Å²) in [6, 6.07) is 11.5. The summed E-state index contributed by atoms with van der Waals surface area (Å²) < 4.78 is 0. The van der Waals surface area contributed by atoms with Gasteiger partial charge in [0.1, 0.15) is 17.3 Å². The van der Waals surface area contributed by atoms with E-state index in [1.165, 1.54) is 0 Å². The molecule has 0 aliphatic carbocycles. The maximum atomic E-state index is 4.62. The first kappa shape index (κ1) is 17.8. The molecule has 0 saturated heterocycles. The lowest BCUT2D eigenvalue weighted by molar-refractivity contribution is 0.442. The van der Waals surface area contributed by atoms with Crippen molar-refractivity contribution in [1.29, 1.82) is 0 Å². The van der Waals surface area contributed by atoms with Crippen LogP contribution in [0.25, 0.3) is 11.5 Å². The van der Waals surface area contributed by atoms with Gasteiger partial charge in [0.15, 0.2) is 5.82 Å². The second-order valence-electron chi connectivity index (χ2n) is 7.40. The lowest BCUT2D eigenvalue weighted by Crippen LogP contribution is -2.20. The first-order valence-electron chi connectivity index (χ1n) is 8.63. The van der Waals surface area contributed by atoms with Gasteiger partial charge in [0.05, 0.1) is 11.9 Å². The average molecular weight is 348 g/mol. The van der Waals surface area contributed by atoms with Crippen molar-refractivity contribution in [2.75, 3.05) is 17.2 Å². The fourth-order valence-corrected chi connectivity index (χ4v) is 2.26. The van der Waals surface area contributed by atoms with E-state index in [4.69, 9.17) is 0 Å². The van der Waals surface area contributed by atoms with Crippen LogP contribution in [-0.2, 0) is 0 Å². The maximum Gasteiger partial charge on any atom is 0.182 e. The molecule has 0 amide bonds. The number of aromatic nitrogens is 4. The zero-order valence-corrected chi connectivity index (χ0v) is 15.6. The molecule has 0 radical (unpaired) electrons. The van der Waals surface area contributed by atoms with Gasteiger partial charge in [0.25, 0.3) is 0 Å². The first-order chi connectivity index (χ1) is 12.4. The van der Waals surface area contributed by atoms with Crippen molar-refractivity contribution in [3.8, 4) is 11.5 Å². The van der Waals surface area contributed by atoms with Crippen LogP contribution in [-0.4, -0.2) is 26.5 Å². The van der Waals surface area contributed by atoms with Gasteiger partial charge >= 0.3 is 0 Å². The van der Waals surface area contributed by atoms with E-state index in [9.17, 15) is 0 Å². The third-order valence-electron chi connectivity index (χ3n) is 3.60. The van der Waals surface area contributed by atoms with E-state index in [0.717, 1.165) is 29.4 Å². The lowest BCUT2D eigenvalue weighted by Gasteiger charge is -2.19. The van der Waals surface area contributed by atoms with Gasteiger partial charge in [0.2, 0.25) is 0 Å². The zero-order chi connectivity index (χ0) is 18.6. The molecule has 0 atom stereocenters. The van der Waals surface area contributed by atoms with E-state index in [1.807, 2.05) is 43.3 Å². The molecule has 3 heterocycles. The molecular formula is C20H24N6. The Morgan fingerprint density at radius 1 is 0.962 bits per heavy atom. The van der Waals surface area contributed by atoms with Crippen LogP contribution in [0, 0.1) is 12.3 Å². The molecule has 0 aromatic carbocycles. The number of hydrogen-bond donors (Lipinski definition) is 2. The highest BCUT2D eigenvalue weighted by molar-refractivity contribution is 5.63. The Bertz CT molecular complexity index is 854. The smallest absolute Gasteiger partial charge is 0.182 e. The van der Waals surface area contributed by atoms with Crippen molar-refractivity contribution in [1.82, 2.24) is 19.9 Å². The highest BCUT2D eigenvalue weighted by Gasteiger charge is 2.12. The number of hydrogen-bond acceptors (Lipinski definition) is 6. The van der Waals surface area contributed by atoms with E-state index in [0.29, 0.717) is 11.6 Å². The first-order valence-corrected chi connectivity index (χ1v) is 8.63. The molecule has 0 saturated carbocycles. The van der Waals surface area contributed by atoms with Gasteiger partial charge in [-0.2, -0.15) is 0 Å². The predicted molar refractivity (Wildman–Crippen MR) is 105 cm³/mol. The van der Waals surface area contributed by atoms with E-state index >= 15 is 0 Å². The van der Waals surface area contributed by atoms with Crippen molar-refractivity contribution in [3.05, 3.63) is 54.5 Å². The molecule has 0 aliphatic heterocycles. The average Bonchev–Trinajstić information content (AvgIpc) is 2.62. The Morgan fingerprint density at radius 2 is 1.77 bits per heavy atom. The number of nitrogens with zero attached hydrogens (tertiary/aromatic N) is 4. The Hall–Kier alpha value is -3.02. The van der Waals surface area contributed by atoms with Crippen LogP contribution in [0.2, 0.25) is 0 Å².